The maximum absolute atomic E-state index is 13.1. The second-order valence-corrected chi connectivity index (χ2v) is 5.59. The van der Waals surface area contributed by atoms with Gasteiger partial charge in [0.2, 0.25) is 0 Å². The quantitative estimate of drug-likeness (QED) is 0.420. The fourth-order valence-electron chi connectivity index (χ4n) is 2.78. The highest BCUT2D eigenvalue weighted by atomic mass is 16.6. The zero-order chi connectivity index (χ0) is 18.1. The largest absolute Gasteiger partial charge is 0.271 e. The number of para-hydroxylation sites is 1. The Hall–Kier alpha value is -3.87. The summed E-state index contributed by atoms with van der Waals surface area (Å²) in [6.07, 6.45) is 1.61. The van der Waals surface area contributed by atoms with E-state index in [9.17, 15) is 14.9 Å². The molecule has 26 heavy (non-hydrogen) atoms. The molecular weight excluding hydrogens is 332 g/mol. The summed E-state index contributed by atoms with van der Waals surface area (Å²) in [5, 5.41) is 11.6. The molecule has 2 aromatic carbocycles. The number of non-ortho nitro benzene ring substituents is 1. The van der Waals surface area contributed by atoms with Gasteiger partial charge in [0.15, 0.2) is 5.82 Å². The Bertz CT molecular complexity index is 1190. The number of rotatable bonds is 3. The molecule has 0 aliphatic carbocycles. The van der Waals surface area contributed by atoms with Crippen molar-refractivity contribution < 1.29 is 4.92 Å². The Morgan fingerprint density at radius 1 is 0.962 bits per heavy atom. The molecule has 0 N–H and O–H groups in total. The minimum Gasteiger partial charge on any atom is -0.268 e. The molecule has 0 spiro atoms. The van der Waals surface area contributed by atoms with E-state index in [2.05, 4.69) is 9.97 Å². The lowest BCUT2D eigenvalue weighted by molar-refractivity contribution is -0.384. The second kappa shape index (κ2) is 6.21. The number of nitrogens with zero attached hydrogens (tertiary/aromatic N) is 4. The molecule has 2 aromatic heterocycles. The first-order chi connectivity index (χ1) is 12.6. The van der Waals surface area contributed by atoms with Gasteiger partial charge in [-0.15, -0.1) is 0 Å². The lowest BCUT2D eigenvalue weighted by Crippen LogP contribution is -2.22. The van der Waals surface area contributed by atoms with Crippen LogP contribution in [0.4, 0.5) is 5.69 Å². The molecule has 0 aliphatic heterocycles. The number of fused-ring (bicyclic) bond motifs is 1. The van der Waals surface area contributed by atoms with Crippen LogP contribution in [0.3, 0.4) is 0 Å². The first-order valence-corrected chi connectivity index (χ1v) is 7.83. The molecule has 0 amide bonds. The summed E-state index contributed by atoms with van der Waals surface area (Å²) >= 11 is 0. The predicted octanol–water partition coefficient (Wildman–Crippen LogP) is 3.36. The topological polar surface area (TPSA) is 90.9 Å². The van der Waals surface area contributed by atoms with Gasteiger partial charge in [-0.25, -0.2) is 4.98 Å². The van der Waals surface area contributed by atoms with Crippen LogP contribution in [0.2, 0.25) is 0 Å². The van der Waals surface area contributed by atoms with Crippen molar-refractivity contribution in [3.05, 3.63) is 93.4 Å². The first kappa shape index (κ1) is 15.6. The Morgan fingerprint density at radius 3 is 2.54 bits per heavy atom. The van der Waals surface area contributed by atoms with Crippen molar-refractivity contribution in [2.75, 3.05) is 0 Å². The fourth-order valence-corrected chi connectivity index (χ4v) is 2.78. The molecule has 0 saturated carbocycles. The lowest BCUT2D eigenvalue weighted by Gasteiger charge is -2.13. The molecule has 0 radical (unpaired) electrons. The van der Waals surface area contributed by atoms with Crippen molar-refractivity contribution >= 4 is 16.6 Å². The van der Waals surface area contributed by atoms with Crippen LogP contribution in [0, 0.1) is 10.1 Å². The maximum Gasteiger partial charge on any atom is 0.271 e. The normalized spacial score (nSPS) is 10.8. The molecule has 0 fully saturated rings. The van der Waals surface area contributed by atoms with Crippen LogP contribution in [0.1, 0.15) is 0 Å². The molecule has 0 saturated heterocycles. The molecule has 7 heteroatoms. The molecule has 0 unspecified atom stereocenters. The predicted molar refractivity (Wildman–Crippen MR) is 97.2 cm³/mol. The van der Waals surface area contributed by atoms with E-state index in [-0.39, 0.29) is 11.2 Å². The van der Waals surface area contributed by atoms with Crippen molar-refractivity contribution in [1.82, 2.24) is 14.5 Å². The number of nitro groups is 1. The zero-order valence-corrected chi connectivity index (χ0v) is 13.4. The monoisotopic (exact) mass is 344 g/mol. The van der Waals surface area contributed by atoms with E-state index in [0.717, 1.165) is 0 Å². The Morgan fingerprint density at radius 2 is 1.77 bits per heavy atom. The summed E-state index contributed by atoms with van der Waals surface area (Å²) in [6.45, 7) is 0. The summed E-state index contributed by atoms with van der Waals surface area (Å²) in [5.41, 5.74) is 0.996. The highest BCUT2D eigenvalue weighted by Gasteiger charge is 2.17. The van der Waals surface area contributed by atoms with E-state index in [1.807, 2.05) is 0 Å². The Balaban J connectivity index is 2.10. The van der Waals surface area contributed by atoms with Gasteiger partial charge in [-0.2, -0.15) is 0 Å². The van der Waals surface area contributed by atoms with Gasteiger partial charge in [0.25, 0.3) is 11.2 Å². The van der Waals surface area contributed by atoms with Crippen LogP contribution >= 0.6 is 0 Å². The van der Waals surface area contributed by atoms with Gasteiger partial charge < -0.3 is 0 Å². The van der Waals surface area contributed by atoms with Crippen molar-refractivity contribution in [2.45, 2.75) is 0 Å². The van der Waals surface area contributed by atoms with Crippen LogP contribution in [-0.2, 0) is 0 Å². The van der Waals surface area contributed by atoms with Crippen molar-refractivity contribution in [3.8, 4) is 17.2 Å². The molecule has 4 aromatic rings. The average Bonchev–Trinajstić information content (AvgIpc) is 2.68. The average molecular weight is 344 g/mol. The van der Waals surface area contributed by atoms with Gasteiger partial charge in [0.05, 0.1) is 21.5 Å². The van der Waals surface area contributed by atoms with Crippen LogP contribution < -0.4 is 5.56 Å². The van der Waals surface area contributed by atoms with Gasteiger partial charge in [-0.05, 0) is 30.3 Å². The maximum atomic E-state index is 13.1. The van der Waals surface area contributed by atoms with Crippen LogP contribution in [0.5, 0.6) is 0 Å². The van der Waals surface area contributed by atoms with Crippen LogP contribution in [0.15, 0.2) is 77.7 Å². The summed E-state index contributed by atoms with van der Waals surface area (Å²) < 4.78 is 1.36. The first-order valence-electron chi connectivity index (χ1n) is 7.83. The molecule has 2 heterocycles. The Labute approximate surface area is 147 Å². The number of aromatic nitrogens is 3. The molecule has 0 atom stereocenters. The summed E-state index contributed by atoms with van der Waals surface area (Å²) in [7, 11) is 0. The van der Waals surface area contributed by atoms with Gasteiger partial charge in [0, 0.05) is 18.3 Å². The fraction of sp³-hybridized carbons (Fsp3) is 0. The van der Waals surface area contributed by atoms with E-state index in [0.29, 0.717) is 28.1 Å². The van der Waals surface area contributed by atoms with Gasteiger partial charge in [0.1, 0.15) is 5.69 Å². The minimum atomic E-state index is -0.497. The van der Waals surface area contributed by atoms with Crippen molar-refractivity contribution in [1.29, 1.82) is 0 Å². The molecular formula is C19H12N4O3. The Kier molecular flexibility index (Phi) is 3.74. The molecule has 4 rings (SSSR count). The zero-order valence-electron chi connectivity index (χ0n) is 13.4. The van der Waals surface area contributed by atoms with E-state index in [1.165, 1.54) is 22.8 Å². The molecule has 7 nitrogen and oxygen atoms in total. The van der Waals surface area contributed by atoms with Crippen LogP contribution in [-0.4, -0.2) is 19.5 Å². The van der Waals surface area contributed by atoms with E-state index < -0.39 is 4.92 Å². The summed E-state index contributed by atoms with van der Waals surface area (Å²) in [6, 6.07) is 18.2. The lowest BCUT2D eigenvalue weighted by atomic mass is 10.2. The van der Waals surface area contributed by atoms with Crippen LogP contribution in [0.25, 0.3) is 28.1 Å². The molecule has 0 aliphatic rings. The van der Waals surface area contributed by atoms with Crippen molar-refractivity contribution in [2.24, 2.45) is 0 Å². The number of hydrogen-bond donors (Lipinski definition) is 0. The number of hydrogen-bond acceptors (Lipinski definition) is 5. The number of benzene rings is 2. The SMILES string of the molecule is O=c1c2ccccc2nc(-c2ccccn2)n1-c1cccc([N+](=O)[O-])c1. The standard InChI is InChI=1S/C19H12N4O3/c24-19-15-8-1-2-9-16(15)21-18(17-10-3-4-11-20-17)22(19)13-6-5-7-14(12-13)23(25)26/h1-12H. The highest BCUT2D eigenvalue weighted by molar-refractivity contribution is 5.80. The number of nitro benzene ring substituents is 1. The summed E-state index contributed by atoms with van der Waals surface area (Å²) in [4.78, 5) is 32.6. The minimum absolute atomic E-state index is 0.102. The van der Waals surface area contributed by atoms with Gasteiger partial charge in [-0.3, -0.25) is 24.5 Å². The van der Waals surface area contributed by atoms with E-state index in [4.69, 9.17) is 0 Å². The molecule has 126 valence electrons. The summed E-state index contributed by atoms with van der Waals surface area (Å²) in [5.74, 6) is 0.329. The van der Waals surface area contributed by atoms with E-state index in [1.54, 1.807) is 54.7 Å². The highest BCUT2D eigenvalue weighted by Crippen LogP contribution is 2.22. The van der Waals surface area contributed by atoms with Gasteiger partial charge in [-0.1, -0.05) is 24.3 Å². The molecule has 0 bridgehead atoms. The third kappa shape index (κ3) is 2.61. The third-order valence-corrected chi connectivity index (χ3v) is 3.97. The third-order valence-electron chi connectivity index (χ3n) is 3.97. The van der Waals surface area contributed by atoms with Gasteiger partial charge >= 0.3 is 0 Å². The number of pyridine rings is 1. The van der Waals surface area contributed by atoms with E-state index >= 15 is 0 Å². The van der Waals surface area contributed by atoms with Crippen molar-refractivity contribution in [3.63, 3.8) is 0 Å². The smallest absolute Gasteiger partial charge is 0.268 e. The second-order valence-electron chi connectivity index (χ2n) is 5.59.